The second kappa shape index (κ2) is 7.62. The fourth-order valence-electron chi connectivity index (χ4n) is 5.05. The number of furan rings is 1. The van der Waals surface area contributed by atoms with E-state index in [1.165, 1.54) is 36.2 Å². The van der Waals surface area contributed by atoms with Gasteiger partial charge in [0.2, 0.25) is 5.71 Å². The van der Waals surface area contributed by atoms with E-state index in [0.717, 1.165) is 34.0 Å². The molecule has 4 heterocycles. The Hall–Kier alpha value is -2.76. The van der Waals surface area contributed by atoms with Gasteiger partial charge in [0.15, 0.2) is 5.58 Å². The third-order valence-electron chi connectivity index (χ3n) is 6.64. The van der Waals surface area contributed by atoms with Gasteiger partial charge in [0.05, 0.1) is 15.8 Å². The first-order chi connectivity index (χ1) is 16.2. The van der Waals surface area contributed by atoms with E-state index in [2.05, 4.69) is 82.2 Å². The number of nitrogens with zero attached hydrogens (tertiary/aromatic N) is 2. The van der Waals surface area contributed by atoms with Gasteiger partial charge in [-0.3, -0.25) is 0 Å². The number of aryl methyl sites for hydroxylation is 1. The molecule has 0 radical (unpaired) electrons. The lowest BCUT2D eigenvalue weighted by Crippen LogP contribution is -2.11. The molecule has 0 atom stereocenters. The highest BCUT2D eigenvalue weighted by Gasteiger charge is 2.23. The normalized spacial score (nSPS) is 12.8. The van der Waals surface area contributed by atoms with Gasteiger partial charge in [0.25, 0.3) is 0 Å². The van der Waals surface area contributed by atoms with Crippen LogP contribution in [0.5, 0.6) is 0 Å². The molecule has 0 aliphatic heterocycles. The Labute approximate surface area is 207 Å². The molecule has 0 bridgehead atoms. The molecule has 3 nitrogen and oxygen atoms in total. The monoisotopic (exact) mass is 484 g/mol. The Morgan fingerprint density at radius 2 is 1.79 bits per heavy atom. The highest BCUT2D eigenvalue weighted by Crippen LogP contribution is 2.44. The Balaban J connectivity index is 1.65. The fourth-order valence-corrected chi connectivity index (χ4v) is 7.32. The number of aromatic nitrogens is 2. The van der Waals surface area contributed by atoms with Crippen molar-refractivity contribution in [3.05, 3.63) is 58.0 Å². The zero-order valence-corrected chi connectivity index (χ0v) is 22.1. The highest BCUT2D eigenvalue weighted by atomic mass is 32.1. The zero-order chi connectivity index (χ0) is 23.8. The van der Waals surface area contributed by atoms with E-state index < -0.39 is 0 Å². The molecule has 0 aliphatic carbocycles. The molecule has 0 saturated heterocycles. The molecule has 5 heteroatoms. The van der Waals surface area contributed by atoms with E-state index in [4.69, 9.17) is 9.40 Å². The zero-order valence-electron chi connectivity index (χ0n) is 20.4. The Bertz CT molecular complexity index is 1710. The molecule has 0 aliphatic rings. The van der Waals surface area contributed by atoms with Crippen LogP contribution in [0.1, 0.15) is 50.6 Å². The van der Waals surface area contributed by atoms with Crippen LogP contribution in [-0.4, -0.2) is 9.97 Å². The van der Waals surface area contributed by atoms with Crippen molar-refractivity contribution >= 4 is 64.9 Å². The standard InChI is InChI=1S/C29H28N2OS2/c1-15(2)11-21-16(3)34-27-19(21)7-8-20-23-24(30-14-31-28(23)32-25(20)27)18-12-17-9-10-33-26(17)22(13-18)29(4,5)6/h7-10,12-15H,11H2,1-6H3. The molecule has 0 amide bonds. The minimum atomic E-state index is 0.0389. The van der Waals surface area contributed by atoms with Crippen LogP contribution in [0.25, 0.3) is 53.5 Å². The van der Waals surface area contributed by atoms with Crippen molar-refractivity contribution in [2.45, 2.75) is 53.4 Å². The maximum atomic E-state index is 6.43. The average molecular weight is 485 g/mol. The summed E-state index contributed by atoms with van der Waals surface area (Å²) in [6, 6.07) is 11.3. The third-order valence-corrected chi connectivity index (χ3v) is 8.77. The van der Waals surface area contributed by atoms with Gasteiger partial charge in [-0.2, -0.15) is 0 Å². The lowest BCUT2D eigenvalue weighted by atomic mass is 9.85. The quantitative estimate of drug-likeness (QED) is 0.251. The van der Waals surface area contributed by atoms with Gasteiger partial charge in [-0.15, -0.1) is 22.7 Å². The van der Waals surface area contributed by atoms with Crippen molar-refractivity contribution in [3.63, 3.8) is 0 Å². The largest absolute Gasteiger partial charge is 0.436 e. The predicted octanol–water partition coefficient (Wildman–Crippen LogP) is 9.28. The van der Waals surface area contributed by atoms with Crippen LogP contribution in [0.15, 0.2) is 46.5 Å². The Morgan fingerprint density at radius 1 is 1.00 bits per heavy atom. The van der Waals surface area contributed by atoms with Crippen molar-refractivity contribution in [3.8, 4) is 11.3 Å². The molecule has 0 spiro atoms. The van der Waals surface area contributed by atoms with Crippen molar-refractivity contribution in [1.29, 1.82) is 0 Å². The molecule has 0 N–H and O–H groups in total. The Kier molecular flexibility index (Phi) is 4.88. The minimum absolute atomic E-state index is 0.0389. The topological polar surface area (TPSA) is 38.9 Å². The number of rotatable bonds is 3. The molecular weight excluding hydrogens is 456 g/mol. The minimum Gasteiger partial charge on any atom is -0.436 e. The number of benzene rings is 2. The molecule has 0 saturated carbocycles. The number of hydrogen-bond donors (Lipinski definition) is 0. The number of hydrogen-bond acceptors (Lipinski definition) is 5. The van der Waals surface area contributed by atoms with Crippen LogP contribution in [0.2, 0.25) is 0 Å². The SMILES string of the molecule is Cc1sc2c(ccc3c2oc2ncnc(-c4cc(C(C)(C)C)c5sccc5c4)c23)c1CC(C)C. The molecule has 4 aromatic heterocycles. The molecule has 0 fully saturated rings. The van der Waals surface area contributed by atoms with Crippen LogP contribution in [0, 0.1) is 12.8 Å². The second-order valence-electron chi connectivity index (χ2n) is 10.7. The molecule has 6 rings (SSSR count). The van der Waals surface area contributed by atoms with Crippen molar-refractivity contribution in [1.82, 2.24) is 9.97 Å². The molecule has 2 aromatic carbocycles. The third kappa shape index (κ3) is 3.29. The van der Waals surface area contributed by atoms with E-state index in [-0.39, 0.29) is 5.41 Å². The van der Waals surface area contributed by atoms with Gasteiger partial charge >= 0.3 is 0 Å². The first kappa shape index (κ1) is 21.8. The number of thiophene rings is 2. The summed E-state index contributed by atoms with van der Waals surface area (Å²) in [5, 5.41) is 6.86. The molecule has 172 valence electrons. The van der Waals surface area contributed by atoms with Gasteiger partial charge in [-0.1, -0.05) is 40.7 Å². The van der Waals surface area contributed by atoms with E-state index >= 15 is 0 Å². The van der Waals surface area contributed by atoms with E-state index in [9.17, 15) is 0 Å². The van der Waals surface area contributed by atoms with Crippen LogP contribution in [-0.2, 0) is 11.8 Å². The van der Waals surface area contributed by atoms with Gasteiger partial charge < -0.3 is 4.42 Å². The van der Waals surface area contributed by atoms with Crippen molar-refractivity contribution in [2.24, 2.45) is 5.92 Å². The summed E-state index contributed by atoms with van der Waals surface area (Å²) in [4.78, 5) is 10.7. The lowest BCUT2D eigenvalue weighted by molar-refractivity contribution is 0.597. The van der Waals surface area contributed by atoms with Crippen LogP contribution < -0.4 is 0 Å². The lowest BCUT2D eigenvalue weighted by Gasteiger charge is -2.21. The maximum Gasteiger partial charge on any atom is 0.231 e. The smallest absolute Gasteiger partial charge is 0.231 e. The second-order valence-corrected chi connectivity index (χ2v) is 12.8. The summed E-state index contributed by atoms with van der Waals surface area (Å²) in [7, 11) is 0. The van der Waals surface area contributed by atoms with Gasteiger partial charge in [-0.05, 0) is 76.2 Å². The maximum absolute atomic E-state index is 6.43. The fraction of sp³-hybridized carbons (Fsp3) is 0.310. The van der Waals surface area contributed by atoms with Gasteiger partial charge in [-0.25, -0.2) is 9.97 Å². The summed E-state index contributed by atoms with van der Waals surface area (Å²) < 4.78 is 9.01. The van der Waals surface area contributed by atoms with Crippen LogP contribution in [0.3, 0.4) is 0 Å². The van der Waals surface area contributed by atoms with Gasteiger partial charge in [0.1, 0.15) is 6.33 Å². The van der Waals surface area contributed by atoms with Crippen molar-refractivity contribution < 1.29 is 4.42 Å². The van der Waals surface area contributed by atoms with E-state index in [1.807, 2.05) is 22.7 Å². The van der Waals surface area contributed by atoms with Crippen molar-refractivity contribution in [2.75, 3.05) is 0 Å². The average Bonchev–Trinajstić information content (AvgIpc) is 3.47. The van der Waals surface area contributed by atoms with Crippen LogP contribution in [0.4, 0.5) is 0 Å². The molecule has 6 aromatic rings. The first-order valence-electron chi connectivity index (χ1n) is 11.8. The highest BCUT2D eigenvalue weighted by molar-refractivity contribution is 7.20. The summed E-state index contributed by atoms with van der Waals surface area (Å²) in [6.07, 6.45) is 2.72. The summed E-state index contributed by atoms with van der Waals surface area (Å²) in [5.41, 5.74) is 6.49. The molecule has 34 heavy (non-hydrogen) atoms. The Morgan fingerprint density at radius 3 is 2.56 bits per heavy atom. The van der Waals surface area contributed by atoms with E-state index in [1.54, 1.807) is 6.33 Å². The van der Waals surface area contributed by atoms with Crippen LogP contribution >= 0.6 is 22.7 Å². The summed E-state index contributed by atoms with van der Waals surface area (Å²) in [6.45, 7) is 13.6. The van der Waals surface area contributed by atoms with Gasteiger partial charge in [0, 0.05) is 20.5 Å². The predicted molar refractivity (Wildman–Crippen MR) is 147 cm³/mol. The summed E-state index contributed by atoms with van der Waals surface area (Å²) >= 11 is 3.65. The number of fused-ring (bicyclic) bond motifs is 6. The van der Waals surface area contributed by atoms with E-state index in [0.29, 0.717) is 11.6 Å². The summed E-state index contributed by atoms with van der Waals surface area (Å²) in [5.74, 6) is 0.615. The molecule has 0 unspecified atom stereocenters. The molecular formula is C29H28N2OS2. The first-order valence-corrected chi connectivity index (χ1v) is 13.5.